The molecule has 0 spiro atoms. The molecule has 4 nitrogen and oxygen atoms in total. The minimum Gasteiger partial charge on any atom is -0.495 e. The van der Waals surface area contributed by atoms with Crippen molar-refractivity contribution in [2.45, 2.75) is 52.0 Å². The van der Waals surface area contributed by atoms with Crippen LogP contribution in [-0.4, -0.2) is 25.4 Å². The molecule has 0 unspecified atom stereocenters. The third kappa shape index (κ3) is 4.92. The summed E-state index contributed by atoms with van der Waals surface area (Å²) in [5, 5.41) is 0. The molecule has 0 N–H and O–H groups in total. The largest absolute Gasteiger partial charge is 0.497 e. The highest BCUT2D eigenvalue weighted by Crippen LogP contribution is 2.38. The molecular weight excluding hydrogens is 416 g/mol. The summed E-state index contributed by atoms with van der Waals surface area (Å²) in [6, 6.07) is 23.5. The average Bonchev–Trinajstić information content (AvgIpc) is 3.01. The van der Waals surface area contributed by atoms with Gasteiger partial charge in [0, 0.05) is 24.6 Å². The quantitative estimate of drug-likeness (QED) is 0.458. The van der Waals surface area contributed by atoms with Gasteiger partial charge in [0.05, 0.1) is 24.0 Å². The van der Waals surface area contributed by atoms with E-state index in [9.17, 15) is 0 Å². The lowest BCUT2D eigenvalue weighted by Gasteiger charge is -2.32. The van der Waals surface area contributed by atoms with Crippen LogP contribution < -0.4 is 15.1 Å². The molecule has 0 aliphatic carbocycles. The summed E-state index contributed by atoms with van der Waals surface area (Å²) >= 11 is 0. The molecule has 0 bridgehead atoms. The maximum absolute atomic E-state index is 15.5. The van der Waals surface area contributed by atoms with Crippen LogP contribution in [-0.2, 0) is 22.4 Å². The summed E-state index contributed by atoms with van der Waals surface area (Å²) in [5.41, 5.74) is 2.18. The van der Waals surface area contributed by atoms with Crippen LogP contribution in [0, 0.1) is 5.82 Å². The van der Waals surface area contributed by atoms with Gasteiger partial charge in [-0.05, 0) is 44.9 Å². The zero-order valence-corrected chi connectivity index (χ0v) is 20.0. The van der Waals surface area contributed by atoms with Gasteiger partial charge in [0.2, 0.25) is 0 Å². The Morgan fingerprint density at radius 2 is 1.30 bits per heavy atom. The van der Waals surface area contributed by atoms with Crippen LogP contribution in [0.15, 0.2) is 72.8 Å². The van der Waals surface area contributed by atoms with E-state index in [-0.39, 0.29) is 5.82 Å². The van der Waals surface area contributed by atoms with E-state index in [1.54, 1.807) is 13.2 Å². The number of anilines is 1. The topological polar surface area (TPSA) is 30.9 Å². The molecule has 3 aromatic rings. The van der Waals surface area contributed by atoms with Gasteiger partial charge in [0.15, 0.2) is 0 Å². The van der Waals surface area contributed by atoms with E-state index in [0.29, 0.717) is 30.0 Å². The van der Waals surface area contributed by atoms with E-state index < -0.39 is 18.3 Å². The fraction of sp³-hybridized carbons (Fsp3) is 0.333. The Bertz CT molecular complexity index is 1030. The number of ether oxygens (including phenoxy) is 1. The van der Waals surface area contributed by atoms with Gasteiger partial charge in [-0.2, -0.15) is 0 Å². The molecule has 1 fully saturated rings. The van der Waals surface area contributed by atoms with Crippen LogP contribution in [0.2, 0.25) is 0 Å². The highest BCUT2D eigenvalue weighted by atomic mass is 19.1. The van der Waals surface area contributed by atoms with Crippen molar-refractivity contribution in [1.82, 2.24) is 0 Å². The van der Waals surface area contributed by atoms with E-state index in [0.717, 1.165) is 11.1 Å². The first-order valence-corrected chi connectivity index (χ1v) is 11.3. The van der Waals surface area contributed by atoms with Crippen molar-refractivity contribution in [2.75, 3.05) is 12.0 Å². The van der Waals surface area contributed by atoms with Crippen molar-refractivity contribution in [1.29, 1.82) is 0 Å². The molecule has 172 valence electrons. The second-order valence-corrected chi connectivity index (χ2v) is 9.46. The SMILES string of the molecule is COc1cc(B2OC(C)(C)C(C)(C)O2)c(F)cc1N(Cc1ccccc1)Cc1ccccc1. The van der Waals surface area contributed by atoms with E-state index in [4.69, 9.17) is 14.0 Å². The molecule has 33 heavy (non-hydrogen) atoms. The molecule has 0 radical (unpaired) electrons. The maximum atomic E-state index is 15.5. The van der Waals surface area contributed by atoms with Crippen LogP contribution in [0.3, 0.4) is 0 Å². The number of benzene rings is 3. The number of rotatable bonds is 7. The Labute approximate surface area is 196 Å². The normalized spacial score (nSPS) is 16.6. The van der Waals surface area contributed by atoms with Crippen molar-refractivity contribution in [2.24, 2.45) is 0 Å². The van der Waals surface area contributed by atoms with Crippen LogP contribution in [0.4, 0.5) is 10.1 Å². The van der Waals surface area contributed by atoms with Gasteiger partial charge in [0.1, 0.15) is 11.6 Å². The Morgan fingerprint density at radius 1 is 0.818 bits per heavy atom. The van der Waals surface area contributed by atoms with Gasteiger partial charge in [-0.15, -0.1) is 0 Å². The van der Waals surface area contributed by atoms with Crippen LogP contribution in [0.1, 0.15) is 38.8 Å². The van der Waals surface area contributed by atoms with E-state index in [1.807, 2.05) is 64.1 Å². The molecular formula is C27H31BFNO3. The minimum absolute atomic E-state index is 0.341. The average molecular weight is 447 g/mol. The van der Waals surface area contributed by atoms with Crippen LogP contribution in [0.25, 0.3) is 0 Å². The summed E-state index contributed by atoms with van der Waals surface area (Å²) in [5.74, 6) is 0.198. The highest BCUT2D eigenvalue weighted by molar-refractivity contribution is 6.62. The Kier molecular flexibility index (Phi) is 6.51. The first kappa shape index (κ1) is 23.3. The van der Waals surface area contributed by atoms with Gasteiger partial charge < -0.3 is 18.9 Å². The van der Waals surface area contributed by atoms with Crippen LogP contribution >= 0.6 is 0 Å². The van der Waals surface area contributed by atoms with Crippen molar-refractivity contribution in [3.05, 3.63) is 89.7 Å². The molecule has 1 aliphatic rings. The first-order chi connectivity index (χ1) is 15.7. The molecule has 0 atom stereocenters. The van der Waals surface area contributed by atoms with Gasteiger partial charge in [-0.1, -0.05) is 60.7 Å². The van der Waals surface area contributed by atoms with Crippen molar-refractivity contribution in [3.63, 3.8) is 0 Å². The lowest BCUT2D eigenvalue weighted by atomic mass is 9.78. The predicted molar refractivity (Wildman–Crippen MR) is 131 cm³/mol. The summed E-state index contributed by atoms with van der Waals surface area (Å²) in [6.45, 7) is 9.05. The second-order valence-electron chi connectivity index (χ2n) is 9.46. The van der Waals surface area contributed by atoms with Crippen molar-refractivity contribution < 1.29 is 18.4 Å². The number of methoxy groups -OCH3 is 1. The maximum Gasteiger partial charge on any atom is 0.497 e. The minimum atomic E-state index is -0.797. The molecule has 0 saturated carbocycles. The van der Waals surface area contributed by atoms with E-state index in [1.165, 1.54) is 6.07 Å². The Balaban J connectivity index is 1.71. The fourth-order valence-corrected chi connectivity index (χ4v) is 3.95. The monoisotopic (exact) mass is 447 g/mol. The zero-order valence-electron chi connectivity index (χ0n) is 20.0. The molecule has 0 aromatic heterocycles. The molecule has 1 aliphatic heterocycles. The predicted octanol–water partition coefficient (Wildman–Crippen LogP) is 5.34. The number of nitrogens with zero attached hydrogens (tertiary/aromatic N) is 1. The molecule has 6 heteroatoms. The Morgan fingerprint density at radius 3 is 1.76 bits per heavy atom. The fourth-order valence-electron chi connectivity index (χ4n) is 3.95. The smallest absolute Gasteiger partial charge is 0.495 e. The third-order valence-electron chi connectivity index (χ3n) is 6.58. The summed E-state index contributed by atoms with van der Waals surface area (Å²) in [4.78, 5) is 2.13. The summed E-state index contributed by atoms with van der Waals surface area (Å²) < 4.78 is 33.4. The van der Waals surface area contributed by atoms with Gasteiger partial charge in [-0.25, -0.2) is 4.39 Å². The molecule has 3 aromatic carbocycles. The van der Waals surface area contributed by atoms with Crippen LogP contribution in [0.5, 0.6) is 5.75 Å². The van der Waals surface area contributed by atoms with Crippen molar-refractivity contribution >= 4 is 18.3 Å². The van der Waals surface area contributed by atoms with Gasteiger partial charge in [-0.3, -0.25) is 0 Å². The van der Waals surface area contributed by atoms with Gasteiger partial charge >= 0.3 is 7.12 Å². The molecule has 0 amide bonds. The number of hydrogen-bond acceptors (Lipinski definition) is 4. The van der Waals surface area contributed by atoms with Gasteiger partial charge in [0.25, 0.3) is 0 Å². The lowest BCUT2D eigenvalue weighted by molar-refractivity contribution is 0.00578. The number of hydrogen-bond donors (Lipinski definition) is 0. The second kappa shape index (κ2) is 9.20. The summed E-state index contributed by atoms with van der Waals surface area (Å²) in [6.07, 6.45) is 0. The van der Waals surface area contributed by atoms with Crippen molar-refractivity contribution in [3.8, 4) is 5.75 Å². The number of halogens is 1. The lowest BCUT2D eigenvalue weighted by Crippen LogP contribution is -2.41. The zero-order chi connectivity index (χ0) is 23.6. The summed E-state index contributed by atoms with van der Waals surface area (Å²) in [7, 11) is 0.809. The molecule has 1 heterocycles. The van der Waals surface area contributed by atoms with E-state index >= 15 is 4.39 Å². The first-order valence-electron chi connectivity index (χ1n) is 11.3. The Hall–Kier alpha value is -2.83. The third-order valence-corrected chi connectivity index (χ3v) is 6.58. The molecule has 4 rings (SSSR count). The molecule has 1 saturated heterocycles. The standard InChI is InChI=1S/C27H31BFNO3/c1-26(2)27(3,4)33-28(32-26)22-16-25(31-5)24(17-23(22)29)30(18-20-12-8-6-9-13-20)19-21-14-10-7-11-15-21/h6-17H,18-19H2,1-5H3. The van der Waals surface area contributed by atoms with E-state index in [2.05, 4.69) is 29.2 Å². The highest BCUT2D eigenvalue weighted by Gasteiger charge is 2.52.